The molecular weight excluding hydrogens is 222 g/mol. The van der Waals surface area contributed by atoms with Crippen molar-refractivity contribution in [3.8, 4) is 0 Å². The molecule has 1 saturated carbocycles. The van der Waals surface area contributed by atoms with Crippen LogP contribution in [0.15, 0.2) is 18.6 Å². The minimum Gasteiger partial charge on any atom is -0.308 e. The van der Waals surface area contributed by atoms with Crippen LogP contribution in [0.2, 0.25) is 0 Å². The smallest absolute Gasteiger partial charge is 0.0724 e. The number of hydrogen-bond donors (Lipinski definition) is 1. The molecule has 1 aromatic heterocycles. The van der Waals surface area contributed by atoms with E-state index in [0.717, 1.165) is 30.0 Å². The van der Waals surface area contributed by atoms with Gasteiger partial charge in [-0.15, -0.1) is 0 Å². The molecule has 0 spiro atoms. The van der Waals surface area contributed by atoms with Gasteiger partial charge in [-0.3, -0.25) is 9.97 Å². The highest BCUT2D eigenvalue weighted by Crippen LogP contribution is 2.33. The molecule has 100 valence electrons. The monoisotopic (exact) mass is 247 g/mol. The molecule has 18 heavy (non-hydrogen) atoms. The van der Waals surface area contributed by atoms with Crippen molar-refractivity contribution in [2.24, 2.45) is 17.8 Å². The lowest BCUT2D eigenvalue weighted by atomic mass is 9.74. The molecule has 1 aromatic rings. The Balaban J connectivity index is 1.92. The molecule has 1 fully saturated rings. The standard InChI is InChI=1S/C15H25N3/c1-11(2)14-5-4-12(3)8-15(14)18-10-13-9-16-6-7-17-13/h6-7,9,11-12,14-15,18H,4-5,8,10H2,1-3H3. The van der Waals surface area contributed by atoms with Crippen LogP contribution in [0.3, 0.4) is 0 Å². The lowest BCUT2D eigenvalue weighted by Crippen LogP contribution is -2.42. The summed E-state index contributed by atoms with van der Waals surface area (Å²) in [7, 11) is 0. The SMILES string of the molecule is CC1CCC(C(C)C)C(NCc2cnccn2)C1. The molecule has 1 aliphatic carbocycles. The van der Waals surface area contributed by atoms with Crippen LogP contribution in [-0.4, -0.2) is 16.0 Å². The fourth-order valence-corrected chi connectivity index (χ4v) is 3.09. The third-order valence-electron chi connectivity index (χ3n) is 4.18. The Kier molecular flexibility index (Phi) is 4.70. The average Bonchev–Trinajstić information content (AvgIpc) is 2.37. The van der Waals surface area contributed by atoms with Crippen LogP contribution in [0.4, 0.5) is 0 Å². The maximum atomic E-state index is 4.33. The van der Waals surface area contributed by atoms with Gasteiger partial charge in [-0.05, 0) is 30.6 Å². The van der Waals surface area contributed by atoms with Crippen LogP contribution >= 0.6 is 0 Å². The first kappa shape index (κ1) is 13.5. The van der Waals surface area contributed by atoms with Crippen LogP contribution in [0, 0.1) is 17.8 Å². The lowest BCUT2D eigenvalue weighted by Gasteiger charge is -2.38. The fraction of sp³-hybridized carbons (Fsp3) is 0.733. The second-order valence-electron chi connectivity index (χ2n) is 6.01. The number of aromatic nitrogens is 2. The molecule has 0 bridgehead atoms. The van der Waals surface area contributed by atoms with E-state index in [4.69, 9.17) is 0 Å². The second-order valence-corrected chi connectivity index (χ2v) is 6.01. The molecule has 3 atom stereocenters. The fourth-order valence-electron chi connectivity index (χ4n) is 3.09. The Bertz CT molecular complexity index is 350. The van der Waals surface area contributed by atoms with E-state index in [-0.39, 0.29) is 0 Å². The van der Waals surface area contributed by atoms with Crippen molar-refractivity contribution >= 4 is 0 Å². The highest BCUT2D eigenvalue weighted by Gasteiger charge is 2.30. The van der Waals surface area contributed by atoms with Crippen molar-refractivity contribution in [1.29, 1.82) is 0 Å². The van der Waals surface area contributed by atoms with E-state index in [1.54, 1.807) is 12.4 Å². The minimum atomic E-state index is 0.635. The number of rotatable bonds is 4. The molecule has 3 unspecified atom stereocenters. The van der Waals surface area contributed by atoms with Crippen molar-refractivity contribution in [2.75, 3.05) is 0 Å². The summed E-state index contributed by atoms with van der Waals surface area (Å²) in [6.07, 6.45) is 9.37. The zero-order valence-corrected chi connectivity index (χ0v) is 11.8. The predicted molar refractivity (Wildman–Crippen MR) is 74.0 cm³/mol. The molecule has 0 amide bonds. The number of nitrogens with zero attached hydrogens (tertiary/aromatic N) is 2. The Labute approximate surface area is 110 Å². The quantitative estimate of drug-likeness (QED) is 0.888. The first-order chi connectivity index (χ1) is 8.66. The Morgan fingerprint density at radius 2 is 2.17 bits per heavy atom. The van der Waals surface area contributed by atoms with Crippen molar-refractivity contribution in [3.05, 3.63) is 24.3 Å². The number of hydrogen-bond acceptors (Lipinski definition) is 3. The van der Waals surface area contributed by atoms with Gasteiger partial charge in [0.05, 0.1) is 5.69 Å². The summed E-state index contributed by atoms with van der Waals surface area (Å²) in [6, 6.07) is 0.635. The summed E-state index contributed by atoms with van der Waals surface area (Å²) in [5, 5.41) is 3.70. The molecule has 0 radical (unpaired) electrons. The van der Waals surface area contributed by atoms with Gasteiger partial charge in [-0.2, -0.15) is 0 Å². The molecule has 0 saturated heterocycles. The van der Waals surface area contributed by atoms with Gasteiger partial charge in [0.15, 0.2) is 0 Å². The van der Waals surface area contributed by atoms with Gasteiger partial charge >= 0.3 is 0 Å². The van der Waals surface area contributed by atoms with E-state index in [0.29, 0.717) is 6.04 Å². The largest absolute Gasteiger partial charge is 0.308 e. The van der Waals surface area contributed by atoms with E-state index in [1.165, 1.54) is 19.3 Å². The summed E-state index contributed by atoms with van der Waals surface area (Å²) in [5.74, 6) is 2.41. The third-order valence-corrected chi connectivity index (χ3v) is 4.18. The summed E-state index contributed by atoms with van der Waals surface area (Å²) >= 11 is 0. The number of nitrogens with one attached hydrogen (secondary N) is 1. The molecule has 3 nitrogen and oxygen atoms in total. The van der Waals surface area contributed by atoms with Gasteiger partial charge in [-0.25, -0.2) is 0 Å². The van der Waals surface area contributed by atoms with Crippen molar-refractivity contribution in [2.45, 2.75) is 52.6 Å². The summed E-state index contributed by atoms with van der Waals surface area (Å²) in [4.78, 5) is 8.44. The minimum absolute atomic E-state index is 0.635. The highest BCUT2D eigenvalue weighted by atomic mass is 14.9. The molecule has 2 rings (SSSR count). The van der Waals surface area contributed by atoms with Crippen molar-refractivity contribution in [3.63, 3.8) is 0 Å². The van der Waals surface area contributed by atoms with Gasteiger partial charge in [0.2, 0.25) is 0 Å². The molecule has 3 heteroatoms. The van der Waals surface area contributed by atoms with Gasteiger partial charge in [0.1, 0.15) is 0 Å². The highest BCUT2D eigenvalue weighted by molar-refractivity contribution is 4.95. The zero-order chi connectivity index (χ0) is 13.0. The average molecular weight is 247 g/mol. The van der Waals surface area contributed by atoms with E-state index in [2.05, 4.69) is 36.1 Å². The van der Waals surface area contributed by atoms with Gasteiger partial charge in [0, 0.05) is 31.2 Å². The van der Waals surface area contributed by atoms with E-state index in [9.17, 15) is 0 Å². The van der Waals surface area contributed by atoms with Gasteiger partial charge in [-0.1, -0.05) is 27.2 Å². The Morgan fingerprint density at radius 3 is 2.83 bits per heavy atom. The van der Waals surface area contributed by atoms with E-state index < -0.39 is 0 Å². The Hall–Kier alpha value is -0.960. The van der Waals surface area contributed by atoms with Crippen molar-refractivity contribution in [1.82, 2.24) is 15.3 Å². The van der Waals surface area contributed by atoms with Crippen molar-refractivity contribution < 1.29 is 0 Å². The van der Waals surface area contributed by atoms with Crippen LogP contribution < -0.4 is 5.32 Å². The molecule has 1 N–H and O–H groups in total. The lowest BCUT2D eigenvalue weighted by molar-refractivity contribution is 0.168. The van der Waals surface area contributed by atoms with Gasteiger partial charge in [0.25, 0.3) is 0 Å². The molecule has 0 aromatic carbocycles. The maximum absolute atomic E-state index is 4.33. The molecular formula is C15H25N3. The van der Waals surface area contributed by atoms with E-state index in [1.807, 2.05) is 6.20 Å². The normalized spacial score (nSPS) is 28.6. The van der Waals surface area contributed by atoms with E-state index >= 15 is 0 Å². The summed E-state index contributed by atoms with van der Waals surface area (Å²) in [6.45, 7) is 7.90. The maximum Gasteiger partial charge on any atom is 0.0724 e. The van der Waals surface area contributed by atoms with Crippen LogP contribution in [0.25, 0.3) is 0 Å². The topological polar surface area (TPSA) is 37.8 Å². The molecule has 0 aliphatic heterocycles. The summed E-state index contributed by atoms with van der Waals surface area (Å²) < 4.78 is 0. The zero-order valence-electron chi connectivity index (χ0n) is 11.8. The molecule has 1 heterocycles. The first-order valence-corrected chi connectivity index (χ1v) is 7.15. The third kappa shape index (κ3) is 3.52. The van der Waals surface area contributed by atoms with Crippen LogP contribution in [-0.2, 0) is 6.54 Å². The predicted octanol–water partition coefficient (Wildman–Crippen LogP) is 3.03. The van der Waals surface area contributed by atoms with Crippen LogP contribution in [0.5, 0.6) is 0 Å². The summed E-state index contributed by atoms with van der Waals surface area (Å²) in [5.41, 5.74) is 1.04. The van der Waals surface area contributed by atoms with Crippen LogP contribution in [0.1, 0.15) is 45.7 Å². The Morgan fingerprint density at radius 1 is 1.33 bits per heavy atom. The second kappa shape index (κ2) is 6.28. The molecule has 1 aliphatic rings. The first-order valence-electron chi connectivity index (χ1n) is 7.15. The van der Waals surface area contributed by atoms with Gasteiger partial charge < -0.3 is 5.32 Å².